The van der Waals surface area contributed by atoms with Crippen molar-refractivity contribution in [2.24, 2.45) is 0 Å². The molecule has 137 valence electrons. The molecule has 25 heavy (non-hydrogen) atoms. The summed E-state index contributed by atoms with van der Waals surface area (Å²) in [5, 5.41) is 0. The molecular formula is C22H31Cl2Zr. The van der Waals surface area contributed by atoms with E-state index in [4.69, 9.17) is 17.0 Å². The van der Waals surface area contributed by atoms with Crippen molar-refractivity contribution in [1.82, 2.24) is 0 Å². The molecule has 0 spiro atoms. The molecule has 2 atom stereocenters. The van der Waals surface area contributed by atoms with Crippen molar-refractivity contribution in [3.63, 3.8) is 0 Å². The van der Waals surface area contributed by atoms with Gasteiger partial charge in [-0.3, -0.25) is 0 Å². The third kappa shape index (κ3) is 2.78. The van der Waals surface area contributed by atoms with Gasteiger partial charge in [-0.2, -0.15) is 0 Å². The fourth-order valence-electron chi connectivity index (χ4n) is 6.37. The maximum absolute atomic E-state index is 7.85. The van der Waals surface area contributed by atoms with Crippen molar-refractivity contribution < 1.29 is 16.4 Å². The average molecular weight is 458 g/mol. The minimum absolute atomic E-state index is 0.382. The van der Waals surface area contributed by atoms with Gasteiger partial charge in [0, 0.05) is 0 Å². The van der Waals surface area contributed by atoms with Crippen LogP contribution in [0.2, 0.25) is 11.4 Å². The van der Waals surface area contributed by atoms with Crippen LogP contribution in [0.1, 0.15) is 72.1 Å². The Morgan fingerprint density at radius 1 is 0.800 bits per heavy atom. The first kappa shape index (κ1) is 18.8. The maximum atomic E-state index is 7.85. The average Bonchev–Trinajstić information content (AvgIpc) is 3.11. The third-order valence-corrected chi connectivity index (χ3v) is 28.8. The van der Waals surface area contributed by atoms with E-state index in [0.29, 0.717) is 7.25 Å². The SMILES string of the molecule is C[CH2][Zr]([Cl])([Cl])([CH]1C(C)=CC2=C1CCCC2)[CH]1C(C)=CC2=C1CCCC2. The Kier molecular flexibility index (Phi) is 4.88. The van der Waals surface area contributed by atoms with Crippen LogP contribution in [0.4, 0.5) is 0 Å². The van der Waals surface area contributed by atoms with E-state index in [0.717, 1.165) is 4.13 Å². The Labute approximate surface area is 161 Å². The van der Waals surface area contributed by atoms with Crippen LogP contribution in [0.25, 0.3) is 0 Å². The standard InChI is InChI=1S/2C10H13.C2H5.2ClH.Zr/c2*1-8-6-9-4-2-3-5-10(9)7-8;1-2;;;/h2*6-7H,2-5H2,1H3;1H2,2H3;2*1H;/q;;;;;+2/p-2. The summed E-state index contributed by atoms with van der Waals surface area (Å²) in [7, 11) is 15.7. The molecule has 0 aromatic rings. The van der Waals surface area contributed by atoms with Crippen LogP contribution in [0.15, 0.2) is 45.6 Å². The van der Waals surface area contributed by atoms with Gasteiger partial charge in [-0.15, -0.1) is 0 Å². The molecule has 0 saturated carbocycles. The molecule has 0 fully saturated rings. The van der Waals surface area contributed by atoms with Crippen LogP contribution < -0.4 is 0 Å². The van der Waals surface area contributed by atoms with E-state index >= 15 is 0 Å². The van der Waals surface area contributed by atoms with Crippen LogP contribution in [0.5, 0.6) is 0 Å². The quantitative estimate of drug-likeness (QED) is 0.398. The Balaban J connectivity index is 1.85. The fourth-order valence-corrected chi connectivity index (χ4v) is 26.5. The second kappa shape index (κ2) is 6.49. The van der Waals surface area contributed by atoms with Crippen molar-refractivity contribution in [2.75, 3.05) is 0 Å². The third-order valence-electron chi connectivity index (χ3n) is 7.37. The Morgan fingerprint density at radius 2 is 1.20 bits per heavy atom. The van der Waals surface area contributed by atoms with E-state index in [-0.39, 0.29) is 0 Å². The molecule has 4 aliphatic rings. The van der Waals surface area contributed by atoms with Gasteiger partial charge in [-0.1, -0.05) is 0 Å². The molecule has 0 aromatic heterocycles. The number of hydrogen-bond donors (Lipinski definition) is 0. The van der Waals surface area contributed by atoms with Gasteiger partial charge in [0.1, 0.15) is 0 Å². The van der Waals surface area contributed by atoms with E-state index in [9.17, 15) is 0 Å². The van der Waals surface area contributed by atoms with Gasteiger partial charge in [-0.25, -0.2) is 0 Å². The summed E-state index contributed by atoms with van der Waals surface area (Å²) in [6.07, 6.45) is 15.1. The molecule has 0 N–H and O–H groups in total. The van der Waals surface area contributed by atoms with E-state index in [1.807, 2.05) is 0 Å². The van der Waals surface area contributed by atoms with Gasteiger partial charge in [-0.05, 0) is 0 Å². The summed E-state index contributed by atoms with van der Waals surface area (Å²) in [6, 6.07) is 0. The van der Waals surface area contributed by atoms with Crippen LogP contribution in [-0.4, -0.2) is 0 Å². The molecule has 3 heteroatoms. The normalized spacial score (nSPS) is 31.3. The van der Waals surface area contributed by atoms with Crippen molar-refractivity contribution >= 4 is 17.0 Å². The zero-order valence-corrected chi connectivity index (χ0v) is 19.9. The van der Waals surface area contributed by atoms with Crippen molar-refractivity contribution in [1.29, 1.82) is 0 Å². The molecule has 0 aliphatic heterocycles. The molecule has 0 nitrogen and oxygen atoms in total. The van der Waals surface area contributed by atoms with Gasteiger partial charge in [0.25, 0.3) is 0 Å². The van der Waals surface area contributed by atoms with Gasteiger partial charge in [0.2, 0.25) is 0 Å². The molecule has 0 saturated heterocycles. The van der Waals surface area contributed by atoms with Crippen molar-refractivity contribution in [2.45, 2.75) is 83.5 Å². The van der Waals surface area contributed by atoms with Gasteiger partial charge < -0.3 is 0 Å². The number of halogens is 2. The van der Waals surface area contributed by atoms with E-state index in [2.05, 4.69) is 32.9 Å². The minimum atomic E-state index is -4.12. The topological polar surface area (TPSA) is 0 Å². The summed E-state index contributed by atoms with van der Waals surface area (Å²) < 4.78 is 1.75. The van der Waals surface area contributed by atoms with E-state index in [1.165, 1.54) is 62.5 Å². The number of hydrogen-bond acceptors (Lipinski definition) is 0. The predicted octanol–water partition coefficient (Wildman–Crippen LogP) is 8.66. The fraction of sp³-hybridized carbons (Fsp3) is 0.636. The first-order chi connectivity index (χ1) is 11.9. The molecule has 0 amide bonds. The zero-order valence-electron chi connectivity index (χ0n) is 15.9. The number of rotatable bonds is 3. The second-order valence-electron chi connectivity index (χ2n) is 8.86. The number of allylic oxidation sites excluding steroid dienone is 8. The molecule has 0 radical (unpaired) electrons. The second-order valence-corrected chi connectivity index (χ2v) is 31.8. The predicted molar refractivity (Wildman–Crippen MR) is 108 cm³/mol. The molecule has 2 unspecified atom stereocenters. The van der Waals surface area contributed by atoms with Gasteiger partial charge in [0.15, 0.2) is 0 Å². The van der Waals surface area contributed by atoms with Crippen molar-refractivity contribution in [3.05, 3.63) is 45.6 Å². The summed E-state index contributed by atoms with van der Waals surface area (Å²) in [5.41, 5.74) is 9.39. The zero-order chi connectivity index (χ0) is 17.8. The molecule has 0 bridgehead atoms. The van der Waals surface area contributed by atoms with Crippen LogP contribution >= 0.6 is 17.0 Å². The van der Waals surface area contributed by atoms with E-state index < -0.39 is 16.4 Å². The Morgan fingerprint density at radius 3 is 1.60 bits per heavy atom. The van der Waals surface area contributed by atoms with Crippen molar-refractivity contribution in [3.8, 4) is 0 Å². The van der Waals surface area contributed by atoms with Crippen LogP contribution in [0, 0.1) is 0 Å². The summed E-state index contributed by atoms with van der Waals surface area (Å²) in [5.74, 6) is 0. The van der Waals surface area contributed by atoms with Gasteiger partial charge in [0.05, 0.1) is 0 Å². The summed E-state index contributed by atoms with van der Waals surface area (Å²) in [4.78, 5) is 0. The molecule has 4 aliphatic carbocycles. The first-order valence-electron chi connectivity index (χ1n) is 10.2. The first-order valence-corrected chi connectivity index (χ1v) is 21.1. The molecule has 0 heterocycles. The molecular weight excluding hydrogens is 426 g/mol. The Hall–Kier alpha value is 0.423. The monoisotopic (exact) mass is 455 g/mol. The van der Waals surface area contributed by atoms with Gasteiger partial charge >= 0.3 is 163 Å². The molecule has 0 aromatic carbocycles. The summed E-state index contributed by atoms with van der Waals surface area (Å²) in [6.45, 7) is 6.90. The van der Waals surface area contributed by atoms with E-state index in [1.54, 1.807) is 22.3 Å². The summed E-state index contributed by atoms with van der Waals surface area (Å²) >= 11 is -4.12. The molecule has 4 rings (SSSR count). The van der Waals surface area contributed by atoms with Crippen LogP contribution in [-0.2, 0) is 16.4 Å². The van der Waals surface area contributed by atoms with Crippen LogP contribution in [0.3, 0.4) is 0 Å². The Bertz CT molecular complexity index is 677.